The number of rotatable bonds is 9. The number of para-hydroxylation sites is 1. The Kier molecular flexibility index (Phi) is 7.50. The molecule has 0 bridgehead atoms. The predicted octanol–water partition coefficient (Wildman–Crippen LogP) is 5.32. The van der Waals surface area contributed by atoms with E-state index in [2.05, 4.69) is 5.32 Å². The summed E-state index contributed by atoms with van der Waals surface area (Å²) in [6.45, 7) is 4.52. The van der Waals surface area contributed by atoms with E-state index < -0.39 is 0 Å². The Bertz CT molecular complexity index is 936. The zero-order valence-corrected chi connectivity index (χ0v) is 17.8. The van der Waals surface area contributed by atoms with Gasteiger partial charge in [0.25, 0.3) is 0 Å². The summed E-state index contributed by atoms with van der Waals surface area (Å²) >= 11 is 0. The number of hydrogen-bond donors (Lipinski definition) is 1. The van der Waals surface area contributed by atoms with E-state index in [1.54, 1.807) is 7.11 Å². The van der Waals surface area contributed by atoms with Gasteiger partial charge in [-0.3, -0.25) is 4.79 Å². The standard InChI is InChI=1S/C26H29NO3/c1-19(2)30-22-15-13-21(14-16-22)24(23-11-7-8-12-25(23)29-3)17-26(28)27-18-20-9-5-4-6-10-20/h4-16,19,24H,17-18H2,1-3H3,(H,27,28)/t24-/m0/s1. The van der Waals surface area contributed by atoms with Crippen LogP contribution in [-0.4, -0.2) is 19.1 Å². The molecule has 1 amide bonds. The fourth-order valence-corrected chi connectivity index (χ4v) is 3.47. The van der Waals surface area contributed by atoms with Crippen molar-refractivity contribution in [2.75, 3.05) is 7.11 Å². The van der Waals surface area contributed by atoms with Crippen molar-refractivity contribution in [2.45, 2.75) is 38.8 Å². The van der Waals surface area contributed by atoms with Crippen LogP contribution in [0.1, 0.15) is 42.9 Å². The van der Waals surface area contributed by atoms with Gasteiger partial charge in [0.15, 0.2) is 0 Å². The van der Waals surface area contributed by atoms with Gasteiger partial charge >= 0.3 is 0 Å². The first-order chi connectivity index (χ1) is 14.6. The third kappa shape index (κ3) is 5.86. The van der Waals surface area contributed by atoms with Gasteiger partial charge in [0, 0.05) is 24.4 Å². The molecule has 0 aliphatic heterocycles. The van der Waals surface area contributed by atoms with Crippen molar-refractivity contribution in [1.29, 1.82) is 0 Å². The maximum Gasteiger partial charge on any atom is 0.221 e. The van der Waals surface area contributed by atoms with Crippen LogP contribution in [0.3, 0.4) is 0 Å². The molecular weight excluding hydrogens is 374 g/mol. The fraction of sp³-hybridized carbons (Fsp3) is 0.269. The molecule has 30 heavy (non-hydrogen) atoms. The minimum Gasteiger partial charge on any atom is -0.496 e. The number of carbonyl (C=O) groups excluding carboxylic acids is 1. The minimum absolute atomic E-state index is 0.00253. The predicted molar refractivity (Wildman–Crippen MR) is 120 cm³/mol. The first-order valence-corrected chi connectivity index (χ1v) is 10.3. The molecule has 3 aromatic carbocycles. The quantitative estimate of drug-likeness (QED) is 0.526. The average molecular weight is 404 g/mol. The number of ether oxygens (including phenoxy) is 2. The molecule has 0 fully saturated rings. The van der Waals surface area contributed by atoms with Gasteiger partial charge in [0.2, 0.25) is 5.91 Å². The zero-order chi connectivity index (χ0) is 21.3. The molecule has 0 saturated carbocycles. The smallest absolute Gasteiger partial charge is 0.221 e. The molecule has 0 radical (unpaired) electrons. The maximum absolute atomic E-state index is 12.8. The number of hydrogen-bond acceptors (Lipinski definition) is 3. The first kappa shape index (κ1) is 21.4. The molecular formula is C26H29NO3. The van der Waals surface area contributed by atoms with Gasteiger partial charge < -0.3 is 14.8 Å². The number of nitrogens with one attached hydrogen (secondary N) is 1. The second-order valence-corrected chi connectivity index (χ2v) is 7.50. The molecule has 0 aromatic heterocycles. The Morgan fingerprint density at radius 1 is 0.900 bits per heavy atom. The normalized spacial score (nSPS) is 11.7. The SMILES string of the molecule is COc1ccccc1[C@@H](CC(=O)NCc1ccccc1)c1ccc(OC(C)C)cc1. The lowest BCUT2D eigenvalue weighted by atomic mass is 9.87. The highest BCUT2D eigenvalue weighted by molar-refractivity contribution is 5.77. The van der Waals surface area contributed by atoms with Crippen molar-refractivity contribution in [3.8, 4) is 11.5 Å². The lowest BCUT2D eigenvalue weighted by molar-refractivity contribution is -0.121. The molecule has 0 spiro atoms. The van der Waals surface area contributed by atoms with E-state index in [1.165, 1.54) is 0 Å². The second-order valence-electron chi connectivity index (χ2n) is 7.50. The molecule has 4 heteroatoms. The van der Waals surface area contributed by atoms with Crippen LogP contribution in [0.25, 0.3) is 0 Å². The lowest BCUT2D eigenvalue weighted by Crippen LogP contribution is -2.25. The summed E-state index contributed by atoms with van der Waals surface area (Å²) in [5, 5.41) is 3.04. The Morgan fingerprint density at radius 2 is 1.57 bits per heavy atom. The van der Waals surface area contributed by atoms with Crippen LogP contribution in [0.2, 0.25) is 0 Å². The van der Waals surface area contributed by atoms with E-state index >= 15 is 0 Å². The Morgan fingerprint density at radius 3 is 2.23 bits per heavy atom. The van der Waals surface area contributed by atoms with E-state index in [4.69, 9.17) is 9.47 Å². The third-order valence-electron chi connectivity index (χ3n) is 4.89. The van der Waals surface area contributed by atoms with E-state index in [0.717, 1.165) is 28.2 Å². The maximum atomic E-state index is 12.8. The van der Waals surface area contributed by atoms with Crippen LogP contribution in [-0.2, 0) is 11.3 Å². The highest BCUT2D eigenvalue weighted by atomic mass is 16.5. The zero-order valence-electron chi connectivity index (χ0n) is 17.8. The van der Waals surface area contributed by atoms with E-state index in [-0.39, 0.29) is 17.9 Å². The molecule has 0 unspecified atom stereocenters. The summed E-state index contributed by atoms with van der Waals surface area (Å²) in [6.07, 6.45) is 0.446. The Hall–Kier alpha value is -3.27. The minimum atomic E-state index is -0.120. The molecule has 1 N–H and O–H groups in total. The number of carbonyl (C=O) groups is 1. The summed E-state index contributed by atoms with van der Waals surface area (Å²) in [4.78, 5) is 12.8. The molecule has 1 atom stereocenters. The van der Waals surface area contributed by atoms with Crippen LogP contribution in [0.15, 0.2) is 78.9 Å². The van der Waals surface area contributed by atoms with Gasteiger partial charge in [-0.1, -0.05) is 60.7 Å². The topological polar surface area (TPSA) is 47.6 Å². The Labute approximate surface area is 178 Å². The number of methoxy groups -OCH3 is 1. The molecule has 0 heterocycles. The van der Waals surface area contributed by atoms with Crippen LogP contribution >= 0.6 is 0 Å². The van der Waals surface area contributed by atoms with E-state index in [1.807, 2.05) is 92.7 Å². The molecule has 0 aliphatic carbocycles. The van der Waals surface area contributed by atoms with Gasteiger partial charge in [-0.05, 0) is 43.2 Å². The molecule has 4 nitrogen and oxygen atoms in total. The van der Waals surface area contributed by atoms with Crippen molar-refractivity contribution in [3.05, 3.63) is 95.6 Å². The van der Waals surface area contributed by atoms with Crippen molar-refractivity contribution in [3.63, 3.8) is 0 Å². The third-order valence-corrected chi connectivity index (χ3v) is 4.89. The monoisotopic (exact) mass is 403 g/mol. The molecule has 0 saturated heterocycles. The number of amides is 1. The Balaban J connectivity index is 1.81. The lowest BCUT2D eigenvalue weighted by Gasteiger charge is -2.21. The highest BCUT2D eigenvalue weighted by Crippen LogP contribution is 2.35. The number of benzene rings is 3. The molecule has 3 rings (SSSR count). The van der Waals surface area contributed by atoms with E-state index in [0.29, 0.717) is 13.0 Å². The van der Waals surface area contributed by atoms with Gasteiger partial charge in [0.1, 0.15) is 11.5 Å². The van der Waals surface area contributed by atoms with Crippen LogP contribution in [0, 0.1) is 0 Å². The van der Waals surface area contributed by atoms with E-state index in [9.17, 15) is 4.79 Å². The molecule has 156 valence electrons. The van der Waals surface area contributed by atoms with Gasteiger partial charge in [-0.25, -0.2) is 0 Å². The fourth-order valence-electron chi connectivity index (χ4n) is 3.47. The van der Waals surface area contributed by atoms with Crippen LogP contribution in [0.4, 0.5) is 0 Å². The van der Waals surface area contributed by atoms with Gasteiger partial charge in [-0.15, -0.1) is 0 Å². The van der Waals surface area contributed by atoms with Crippen LogP contribution < -0.4 is 14.8 Å². The largest absolute Gasteiger partial charge is 0.496 e. The van der Waals surface area contributed by atoms with Crippen molar-refractivity contribution >= 4 is 5.91 Å². The summed E-state index contributed by atoms with van der Waals surface area (Å²) in [5.41, 5.74) is 3.12. The van der Waals surface area contributed by atoms with Crippen molar-refractivity contribution < 1.29 is 14.3 Å². The summed E-state index contributed by atoms with van der Waals surface area (Å²) < 4.78 is 11.3. The molecule has 3 aromatic rings. The summed E-state index contributed by atoms with van der Waals surface area (Å²) in [6, 6.07) is 25.8. The average Bonchev–Trinajstić information content (AvgIpc) is 2.77. The van der Waals surface area contributed by atoms with Crippen molar-refractivity contribution in [1.82, 2.24) is 5.32 Å². The van der Waals surface area contributed by atoms with Crippen molar-refractivity contribution in [2.24, 2.45) is 0 Å². The van der Waals surface area contributed by atoms with Gasteiger partial charge in [-0.2, -0.15) is 0 Å². The summed E-state index contributed by atoms with van der Waals surface area (Å²) in [7, 11) is 1.66. The van der Waals surface area contributed by atoms with Crippen LogP contribution in [0.5, 0.6) is 11.5 Å². The second kappa shape index (κ2) is 10.5. The molecule has 0 aliphatic rings. The summed E-state index contributed by atoms with van der Waals surface area (Å²) in [5.74, 6) is 1.48. The first-order valence-electron chi connectivity index (χ1n) is 10.3. The highest BCUT2D eigenvalue weighted by Gasteiger charge is 2.21. The van der Waals surface area contributed by atoms with Gasteiger partial charge in [0.05, 0.1) is 13.2 Å².